The number of hydrogen-bond donors (Lipinski definition) is 3. The first kappa shape index (κ1) is 30.7. The van der Waals surface area contributed by atoms with E-state index in [4.69, 9.17) is 4.74 Å². The van der Waals surface area contributed by atoms with Crippen molar-refractivity contribution in [3.63, 3.8) is 0 Å². The van der Waals surface area contributed by atoms with Crippen molar-refractivity contribution in [1.82, 2.24) is 15.5 Å². The molecule has 216 valence electrons. The highest BCUT2D eigenvalue weighted by Crippen LogP contribution is 2.41. The van der Waals surface area contributed by atoms with Crippen LogP contribution in [0.2, 0.25) is 0 Å². The number of carbonyl (C=O) groups excluding carboxylic acids is 1. The van der Waals surface area contributed by atoms with Crippen molar-refractivity contribution >= 4 is 6.03 Å². The molecule has 1 aromatic carbocycles. The van der Waals surface area contributed by atoms with E-state index in [1.165, 1.54) is 0 Å². The van der Waals surface area contributed by atoms with E-state index in [0.29, 0.717) is 82.3 Å². The molecular formula is C29H46F3N3O3. The van der Waals surface area contributed by atoms with Gasteiger partial charge < -0.3 is 25.4 Å². The van der Waals surface area contributed by atoms with Gasteiger partial charge in [-0.3, -0.25) is 0 Å². The van der Waals surface area contributed by atoms with Gasteiger partial charge in [0.25, 0.3) is 0 Å². The predicted molar refractivity (Wildman–Crippen MR) is 143 cm³/mol. The van der Waals surface area contributed by atoms with Crippen molar-refractivity contribution in [2.75, 3.05) is 40.4 Å². The number of alkyl halides is 2. The van der Waals surface area contributed by atoms with Crippen molar-refractivity contribution < 1.29 is 27.8 Å². The smallest absolute Gasteiger partial charge is 0.317 e. The summed E-state index contributed by atoms with van der Waals surface area (Å²) in [6.07, 6.45) is 4.60. The third-order valence-corrected chi connectivity index (χ3v) is 8.43. The molecule has 2 fully saturated rings. The highest BCUT2D eigenvalue weighted by Gasteiger charge is 2.43. The Morgan fingerprint density at radius 2 is 2.00 bits per heavy atom. The maximum atomic E-state index is 15.3. The van der Waals surface area contributed by atoms with Crippen LogP contribution in [0.5, 0.6) is 0 Å². The minimum atomic E-state index is -2.57. The number of nitrogens with zero attached hydrogens (tertiary/aromatic N) is 1. The van der Waals surface area contributed by atoms with Crippen LogP contribution in [0.1, 0.15) is 75.3 Å². The molecule has 3 rings (SSSR count). The average molecular weight is 542 g/mol. The number of nitrogens with one attached hydrogen (secondary N) is 2. The van der Waals surface area contributed by atoms with Gasteiger partial charge in [-0.1, -0.05) is 18.2 Å². The number of amides is 2. The minimum Gasteiger partial charge on any atom is -0.385 e. The molecule has 1 saturated heterocycles. The third-order valence-electron chi connectivity index (χ3n) is 8.43. The van der Waals surface area contributed by atoms with Crippen molar-refractivity contribution in [2.24, 2.45) is 11.8 Å². The number of methoxy groups -OCH3 is 1. The number of unbranched alkanes of at least 4 members (excludes halogenated alkanes) is 1. The standard InChI is InChI=1S/C29H46F3N3O3/c1-21-8-6-10-25(26(21)30)29(37,13-4-5-17-38-3)23-9-7-16-35(20-23)27(36)34-24(19-33-2)18-22-11-14-28(31,32)15-12-22/h6,8,10,22-24,33,37H,4-5,7,9,11-20H2,1-3H3,(H,34,36). The van der Waals surface area contributed by atoms with Gasteiger partial charge in [-0.05, 0) is 76.8 Å². The molecule has 0 spiro atoms. The van der Waals surface area contributed by atoms with Crippen molar-refractivity contribution in [3.05, 3.63) is 35.1 Å². The van der Waals surface area contributed by atoms with Gasteiger partial charge in [0.05, 0.1) is 5.60 Å². The van der Waals surface area contributed by atoms with Crippen LogP contribution in [0.4, 0.5) is 18.0 Å². The second-order valence-electron chi connectivity index (χ2n) is 11.3. The van der Waals surface area contributed by atoms with Crippen LogP contribution in [-0.4, -0.2) is 68.4 Å². The number of hydrogen-bond acceptors (Lipinski definition) is 4. The molecule has 1 aliphatic carbocycles. The maximum absolute atomic E-state index is 15.3. The monoisotopic (exact) mass is 541 g/mol. The van der Waals surface area contributed by atoms with E-state index in [-0.39, 0.29) is 36.8 Å². The van der Waals surface area contributed by atoms with Crippen LogP contribution < -0.4 is 10.6 Å². The van der Waals surface area contributed by atoms with Gasteiger partial charge in [0.2, 0.25) is 5.92 Å². The van der Waals surface area contributed by atoms with Gasteiger partial charge in [-0.25, -0.2) is 18.0 Å². The van der Waals surface area contributed by atoms with E-state index in [2.05, 4.69) is 10.6 Å². The fourth-order valence-corrected chi connectivity index (χ4v) is 6.18. The van der Waals surface area contributed by atoms with Crippen LogP contribution in [0.3, 0.4) is 0 Å². The Balaban J connectivity index is 1.70. The summed E-state index contributed by atoms with van der Waals surface area (Å²) in [5.74, 6) is -3.12. The lowest BCUT2D eigenvalue weighted by Crippen LogP contribution is -2.54. The topological polar surface area (TPSA) is 73.8 Å². The van der Waals surface area contributed by atoms with Gasteiger partial charge in [0, 0.05) is 63.7 Å². The number of likely N-dealkylation sites (tertiary alicyclic amines) is 1. The lowest BCUT2D eigenvalue weighted by molar-refractivity contribution is -0.0590. The van der Waals surface area contributed by atoms with E-state index >= 15 is 4.39 Å². The summed E-state index contributed by atoms with van der Waals surface area (Å²) in [6.45, 7) is 3.69. The summed E-state index contributed by atoms with van der Waals surface area (Å²) in [7, 11) is 3.44. The van der Waals surface area contributed by atoms with Crippen LogP contribution in [0.25, 0.3) is 0 Å². The molecule has 6 nitrogen and oxygen atoms in total. The lowest BCUT2D eigenvalue weighted by Gasteiger charge is -2.43. The normalized spacial score (nSPS) is 22.6. The molecule has 0 bridgehead atoms. The summed E-state index contributed by atoms with van der Waals surface area (Å²) in [5.41, 5.74) is -0.622. The zero-order valence-electron chi connectivity index (χ0n) is 23.2. The first-order chi connectivity index (χ1) is 18.1. The largest absolute Gasteiger partial charge is 0.385 e. The Morgan fingerprint density at radius 1 is 1.26 bits per heavy atom. The number of rotatable bonds is 12. The Labute approximate surface area is 225 Å². The summed E-state index contributed by atoms with van der Waals surface area (Å²) in [4.78, 5) is 15.1. The zero-order valence-corrected chi connectivity index (χ0v) is 23.2. The van der Waals surface area contributed by atoms with Crippen LogP contribution in [0, 0.1) is 24.6 Å². The first-order valence-electron chi connectivity index (χ1n) is 14.1. The number of likely N-dealkylation sites (N-methyl/N-ethyl adjacent to an activating group) is 1. The maximum Gasteiger partial charge on any atom is 0.317 e. The molecule has 1 saturated carbocycles. The fraction of sp³-hybridized carbons (Fsp3) is 0.759. The first-order valence-corrected chi connectivity index (χ1v) is 14.1. The van der Waals surface area contributed by atoms with E-state index < -0.39 is 17.3 Å². The van der Waals surface area contributed by atoms with E-state index in [1.54, 1.807) is 37.1 Å². The van der Waals surface area contributed by atoms with E-state index in [9.17, 15) is 18.7 Å². The van der Waals surface area contributed by atoms with Crippen LogP contribution in [0.15, 0.2) is 18.2 Å². The zero-order chi connectivity index (χ0) is 27.8. The SMILES string of the molecule is CNCC(CC1CCC(F)(F)CC1)NC(=O)N1CCCC(C(O)(CCCCOC)c2cccc(C)c2F)C1. The molecule has 1 heterocycles. The Morgan fingerprint density at radius 3 is 2.68 bits per heavy atom. The molecule has 1 aromatic rings. The number of ether oxygens (including phenoxy) is 1. The number of piperidine rings is 1. The van der Waals surface area contributed by atoms with Crippen molar-refractivity contribution in [3.8, 4) is 0 Å². The molecule has 3 atom stereocenters. The highest BCUT2D eigenvalue weighted by atomic mass is 19.3. The van der Waals surface area contributed by atoms with E-state index in [1.807, 2.05) is 7.05 Å². The van der Waals surface area contributed by atoms with E-state index in [0.717, 1.165) is 6.42 Å². The van der Waals surface area contributed by atoms with Crippen LogP contribution in [-0.2, 0) is 10.3 Å². The third kappa shape index (κ3) is 8.09. The number of aliphatic hydroxyl groups is 1. The molecule has 2 amide bonds. The number of aryl methyl sites for hydroxylation is 1. The fourth-order valence-electron chi connectivity index (χ4n) is 6.18. The minimum absolute atomic E-state index is 0.0931. The summed E-state index contributed by atoms with van der Waals surface area (Å²) >= 11 is 0. The quantitative estimate of drug-likeness (QED) is 0.312. The van der Waals surface area contributed by atoms with Gasteiger partial charge in [0.1, 0.15) is 5.82 Å². The van der Waals surface area contributed by atoms with Crippen molar-refractivity contribution in [1.29, 1.82) is 0 Å². The number of halogens is 3. The van der Waals surface area contributed by atoms with Crippen molar-refractivity contribution in [2.45, 2.75) is 88.7 Å². The molecule has 1 aliphatic heterocycles. The molecule has 2 aliphatic rings. The van der Waals surface area contributed by atoms with Gasteiger partial charge >= 0.3 is 6.03 Å². The lowest BCUT2D eigenvalue weighted by atomic mass is 9.73. The second kappa shape index (κ2) is 14.0. The van der Waals surface area contributed by atoms with Gasteiger partial charge in [0.15, 0.2) is 0 Å². The van der Waals surface area contributed by atoms with Gasteiger partial charge in [-0.15, -0.1) is 0 Å². The number of benzene rings is 1. The Hall–Kier alpha value is -1.84. The van der Waals surface area contributed by atoms with Gasteiger partial charge in [-0.2, -0.15) is 0 Å². The highest BCUT2D eigenvalue weighted by molar-refractivity contribution is 5.74. The summed E-state index contributed by atoms with van der Waals surface area (Å²) in [5, 5.41) is 18.2. The molecule has 3 N–H and O–H groups in total. The molecule has 0 aromatic heterocycles. The number of carbonyl (C=O) groups is 1. The second-order valence-corrected chi connectivity index (χ2v) is 11.3. The number of urea groups is 1. The summed E-state index contributed by atoms with van der Waals surface area (Å²) < 4.78 is 47.6. The van der Waals surface area contributed by atoms with Crippen LogP contribution >= 0.6 is 0 Å². The molecule has 38 heavy (non-hydrogen) atoms. The average Bonchev–Trinajstić information content (AvgIpc) is 2.89. The molecule has 0 radical (unpaired) electrons. The summed E-state index contributed by atoms with van der Waals surface area (Å²) in [6, 6.07) is 4.73. The molecular weight excluding hydrogens is 495 g/mol. The predicted octanol–water partition coefficient (Wildman–Crippen LogP) is 5.36. The molecule has 9 heteroatoms. The Bertz CT molecular complexity index is 893. The Kier molecular flexibility index (Phi) is 11.3. The molecule has 3 unspecified atom stereocenters.